The van der Waals surface area contributed by atoms with E-state index in [2.05, 4.69) is 6.07 Å². The van der Waals surface area contributed by atoms with Gasteiger partial charge in [-0.15, -0.1) is 0 Å². The molecule has 0 spiro atoms. The van der Waals surface area contributed by atoms with Gasteiger partial charge in [0.25, 0.3) is 0 Å². The van der Waals surface area contributed by atoms with Crippen molar-refractivity contribution in [1.82, 2.24) is 9.80 Å². The molecule has 32 heavy (non-hydrogen) atoms. The maximum Gasteiger partial charge on any atom is 0.325 e. The smallest absolute Gasteiger partial charge is 0.325 e. The maximum atomic E-state index is 13.0. The molecule has 3 amide bonds. The van der Waals surface area contributed by atoms with Crippen LogP contribution < -0.4 is 9.64 Å². The molecule has 0 saturated carbocycles. The fourth-order valence-corrected chi connectivity index (χ4v) is 5.73. The molecule has 0 radical (unpaired) electrons. The van der Waals surface area contributed by atoms with Gasteiger partial charge in [-0.25, -0.2) is 4.79 Å². The first kappa shape index (κ1) is 22.8. The lowest BCUT2D eigenvalue weighted by atomic mass is 10.1. The second-order valence-electron chi connectivity index (χ2n) is 7.83. The Bertz CT molecular complexity index is 956. The summed E-state index contributed by atoms with van der Waals surface area (Å²) >= 11 is 8.22. The number of amides is 3. The second-order valence-corrected chi connectivity index (χ2v) is 9.55. The number of hydrogen-bond donors (Lipinski definition) is 0. The van der Waals surface area contributed by atoms with E-state index >= 15 is 0 Å². The largest absolute Gasteiger partial charge is 0.494 e. The molecule has 0 bridgehead atoms. The predicted molar refractivity (Wildman–Crippen MR) is 130 cm³/mol. The zero-order valence-electron chi connectivity index (χ0n) is 18.2. The predicted octanol–water partition coefficient (Wildman–Crippen LogP) is 4.69. The number of urea groups is 1. The molecule has 1 atom stereocenters. The van der Waals surface area contributed by atoms with Gasteiger partial charge in [-0.05, 0) is 49.2 Å². The zero-order valence-corrected chi connectivity index (χ0v) is 19.8. The van der Waals surface area contributed by atoms with Crippen molar-refractivity contribution in [2.24, 2.45) is 0 Å². The van der Waals surface area contributed by atoms with Gasteiger partial charge in [0, 0.05) is 47.9 Å². The van der Waals surface area contributed by atoms with Crippen molar-refractivity contribution in [2.75, 3.05) is 50.0 Å². The van der Waals surface area contributed by atoms with Crippen molar-refractivity contribution in [2.45, 2.75) is 18.6 Å². The van der Waals surface area contributed by atoms with Crippen LogP contribution in [-0.2, 0) is 4.79 Å². The molecule has 2 heterocycles. The number of benzene rings is 2. The molecule has 0 aromatic heterocycles. The molecule has 6 nitrogen and oxygen atoms in total. The number of halogens is 1. The lowest BCUT2D eigenvalue weighted by Gasteiger charge is -2.24. The summed E-state index contributed by atoms with van der Waals surface area (Å²) in [5, 5.41) is 1.06. The van der Waals surface area contributed by atoms with E-state index in [-0.39, 0.29) is 23.7 Å². The van der Waals surface area contributed by atoms with Crippen molar-refractivity contribution in [1.29, 1.82) is 0 Å². The highest BCUT2D eigenvalue weighted by molar-refractivity contribution is 7.99. The van der Waals surface area contributed by atoms with E-state index in [1.807, 2.05) is 66.1 Å². The Morgan fingerprint density at radius 2 is 1.88 bits per heavy atom. The number of rotatable bonds is 6. The minimum absolute atomic E-state index is 0.00676. The van der Waals surface area contributed by atoms with Gasteiger partial charge in [0.15, 0.2) is 0 Å². The molecular weight excluding hydrogens is 446 g/mol. The van der Waals surface area contributed by atoms with E-state index in [0.717, 1.165) is 34.2 Å². The van der Waals surface area contributed by atoms with Crippen LogP contribution in [0.4, 0.5) is 10.5 Å². The van der Waals surface area contributed by atoms with E-state index < -0.39 is 0 Å². The molecule has 0 aliphatic carbocycles. The SMILES string of the molecule is CCOc1ccc(N2CCN(CC(=O)N3CCSC(c4ccccc4Cl)CC3)C2=O)cc1. The van der Waals surface area contributed by atoms with Gasteiger partial charge >= 0.3 is 6.03 Å². The first-order valence-electron chi connectivity index (χ1n) is 11.0. The van der Waals surface area contributed by atoms with Crippen molar-refractivity contribution in [3.05, 3.63) is 59.1 Å². The molecule has 4 rings (SSSR count). The van der Waals surface area contributed by atoms with Gasteiger partial charge in [-0.2, -0.15) is 11.8 Å². The van der Waals surface area contributed by atoms with Gasteiger partial charge < -0.3 is 14.5 Å². The van der Waals surface area contributed by atoms with E-state index in [1.165, 1.54) is 0 Å². The molecule has 2 saturated heterocycles. The third-order valence-electron chi connectivity index (χ3n) is 5.83. The lowest BCUT2D eigenvalue weighted by Crippen LogP contribution is -2.43. The first-order valence-corrected chi connectivity index (χ1v) is 12.4. The zero-order chi connectivity index (χ0) is 22.5. The fraction of sp³-hybridized carbons (Fsp3) is 0.417. The molecule has 2 aliphatic rings. The Balaban J connectivity index is 1.33. The van der Waals surface area contributed by atoms with Gasteiger partial charge in [0.05, 0.1) is 6.61 Å². The summed E-state index contributed by atoms with van der Waals surface area (Å²) in [7, 11) is 0. The summed E-state index contributed by atoms with van der Waals surface area (Å²) in [6, 6.07) is 15.3. The van der Waals surface area contributed by atoms with Crippen molar-refractivity contribution >= 4 is 41.0 Å². The van der Waals surface area contributed by atoms with E-state index in [9.17, 15) is 9.59 Å². The average Bonchev–Trinajstić information content (AvgIpc) is 3.00. The standard InChI is InChI=1S/C24H28ClN3O3S/c1-2-31-19-9-7-18(8-10-19)28-14-13-27(24(28)30)17-23(29)26-12-11-22(32-16-15-26)20-5-3-4-6-21(20)25/h3-10,22H,2,11-17H2,1H3. The molecule has 170 valence electrons. The number of thioether (sulfide) groups is 1. The van der Waals surface area contributed by atoms with E-state index in [4.69, 9.17) is 16.3 Å². The summed E-state index contributed by atoms with van der Waals surface area (Å²) in [6.45, 7) is 5.14. The summed E-state index contributed by atoms with van der Waals surface area (Å²) < 4.78 is 5.47. The Morgan fingerprint density at radius 1 is 1.09 bits per heavy atom. The molecule has 2 fully saturated rings. The Labute approximate surface area is 198 Å². The number of carbonyl (C=O) groups excluding carboxylic acids is 2. The fourth-order valence-electron chi connectivity index (χ4n) is 4.13. The Hall–Kier alpha value is -2.38. The molecular formula is C24H28ClN3O3S. The van der Waals surface area contributed by atoms with Gasteiger partial charge in [-0.1, -0.05) is 29.8 Å². The van der Waals surface area contributed by atoms with E-state index in [1.54, 1.807) is 9.80 Å². The highest BCUT2D eigenvalue weighted by Gasteiger charge is 2.32. The third-order valence-corrected chi connectivity index (χ3v) is 7.48. The van der Waals surface area contributed by atoms with Crippen molar-refractivity contribution in [3.8, 4) is 5.75 Å². The van der Waals surface area contributed by atoms with Crippen LogP contribution in [0.15, 0.2) is 48.5 Å². The average molecular weight is 474 g/mol. The first-order chi connectivity index (χ1) is 15.6. The third kappa shape index (κ3) is 5.15. The van der Waals surface area contributed by atoms with E-state index in [0.29, 0.717) is 32.8 Å². The highest BCUT2D eigenvalue weighted by atomic mass is 35.5. The molecule has 2 aliphatic heterocycles. The van der Waals surface area contributed by atoms with Crippen LogP contribution in [-0.4, -0.2) is 66.8 Å². The van der Waals surface area contributed by atoms with Crippen LogP contribution in [0.3, 0.4) is 0 Å². The van der Waals surface area contributed by atoms with Gasteiger partial charge in [-0.3, -0.25) is 9.69 Å². The second kappa shape index (κ2) is 10.5. The molecule has 1 unspecified atom stereocenters. The lowest BCUT2D eigenvalue weighted by molar-refractivity contribution is -0.131. The summed E-state index contributed by atoms with van der Waals surface area (Å²) in [5.41, 5.74) is 1.95. The topological polar surface area (TPSA) is 53.1 Å². The number of hydrogen-bond acceptors (Lipinski definition) is 4. The summed E-state index contributed by atoms with van der Waals surface area (Å²) in [5.74, 6) is 1.64. The van der Waals surface area contributed by atoms with Crippen LogP contribution in [0, 0.1) is 0 Å². The molecule has 2 aromatic carbocycles. The van der Waals surface area contributed by atoms with Crippen LogP contribution >= 0.6 is 23.4 Å². The number of nitrogens with zero attached hydrogens (tertiary/aromatic N) is 3. The van der Waals surface area contributed by atoms with Crippen LogP contribution in [0.1, 0.15) is 24.2 Å². The van der Waals surface area contributed by atoms with Crippen molar-refractivity contribution in [3.63, 3.8) is 0 Å². The monoisotopic (exact) mass is 473 g/mol. The quantitative estimate of drug-likeness (QED) is 0.610. The minimum Gasteiger partial charge on any atom is -0.494 e. The highest BCUT2D eigenvalue weighted by Crippen LogP contribution is 2.37. The molecule has 0 N–H and O–H groups in total. The molecule has 8 heteroatoms. The summed E-state index contributed by atoms with van der Waals surface area (Å²) in [6.07, 6.45) is 0.854. The maximum absolute atomic E-state index is 13.0. The normalized spacial score (nSPS) is 19.2. The number of carbonyl (C=O) groups is 2. The summed E-state index contributed by atoms with van der Waals surface area (Å²) in [4.78, 5) is 31.1. The van der Waals surface area contributed by atoms with Crippen molar-refractivity contribution < 1.29 is 14.3 Å². The van der Waals surface area contributed by atoms with Gasteiger partial charge in [0.1, 0.15) is 12.3 Å². The minimum atomic E-state index is -0.124. The Morgan fingerprint density at radius 3 is 2.62 bits per heavy atom. The van der Waals surface area contributed by atoms with Gasteiger partial charge in [0.2, 0.25) is 5.91 Å². The molecule has 2 aromatic rings. The Kier molecular flexibility index (Phi) is 7.48. The van der Waals surface area contributed by atoms with Crippen LogP contribution in [0.25, 0.3) is 0 Å². The number of ether oxygens (including phenoxy) is 1. The van der Waals surface area contributed by atoms with Crippen LogP contribution in [0.5, 0.6) is 5.75 Å². The number of anilines is 1. The van der Waals surface area contributed by atoms with Crippen LogP contribution in [0.2, 0.25) is 5.02 Å².